The molecule has 4 heteroatoms. The standard InChI is InChI=1S/C16H22N4/c1-17-16(20-13-7-3-4-8-13)18-11-14-10-12-6-2-5-9-15(12)19-14/h2,5-6,9-10,13,19H,3-4,7-8,11H2,1H3,(H2,17,18,20). The first-order valence-corrected chi connectivity index (χ1v) is 7.39. The summed E-state index contributed by atoms with van der Waals surface area (Å²) in [7, 11) is 1.83. The number of benzene rings is 1. The van der Waals surface area contributed by atoms with Gasteiger partial charge in [-0.25, -0.2) is 0 Å². The van der Waals surface area contributed by atoms with Crippen LogP contribution in [0.15, 0.2) is 35.3 Å². The quantitative estimate of drug-likeness (QED) is 0.593. The number of H-pyrrole nitrogens is 1. The molecular formula is C16H22N4. The van der Waals surface area contributed by atoms with E-state index in [-0.39, 0.29) is 0 Å². The Morgan fingerprint density at radius 3 is 2.85 bits per heavy atom. The number of guanidine groups is 1. The van der Waals surface area contributed by atoms with Gasteiger partial charge in [0.2, 0.25) is 0 Å². The highest BCUT2D eigenvalue weighted by Gasteiger charge is 2.15. The van der Waals surface area contributed by atoms with Gasteiger partial charge < -0.3 is 15.6 Å². The Morgan fingerprint density at radius 1 is 1.30 bits per heavy atom. The van der Waals surface area contributed by atoms with Gasteiger partial charge in [0.1, 0.15) is 0 Å². The van der Waals surface area contributed by atoms with Crippen LogP contribution in [0.5, 0.6) is 0 Å². The summed E-state index contributed by atoms with van der Waals surface area (Å²) in [6.45, 7) is 0.765. The second-order valence-electron chi connectivity index (χ2n) is 5.43. The zero-order chi connectivity index (χ0) is 13.8. The number of aromatic amines is 1. The third-order valence-electron chi connectivity index (χ3n) is 3.95. The van der Waals surface area contributed by atoms with Gasteiger partial charge in [0.15, 0.2) is 5.96 Å². The van der Waals surface area contributed by atoms with Gasteiger partial charge in [-0.05, 0) is 30.4 Å². The molecule has 1 aromatic heterocycles. The molecule has 0 atom stereocenters. The van der Waals surface area contributed by atoms with E-state index >= 15 is 0 Å². The number of hydrogen-bond donors (Lipinski definition) is 3. The SMILES string of the molecule is CN=C(NCc1cc2ccccc2[nH]1)NC1CCCC1. The second kappa shape index (κ2) is 5.99. The van der Waals surface area contributed by atoms with Gasteiger partial charge in [-0.2, -0.15) is 0 Å². The molecule has 1 heterocycles. The highest BCUT2D eigenvalue weighted by Crippen LogP contribution is 2.17. The monoisotopic (exact) mass is 270 g/mol. The van der Waals surface area contributed by atoms with Crippen molar-refractivity contribution < 1.29 is 0 Å². The maximum atomic E-state index is 4.30. The van der Waals surface area contributed by atoms with Crippen molar-refractivity contribution in [3.63, 3.8) is 0 Å². The second-order valence-corrected chi connectivity index (χ2v) is 5.43. The average molecular weight is 270 g/mol. The Balaban J connectivity index is 1.59. The highest BCUT2D eigenvalue weighted by molar-refractivity contribution is 5.81. The normalized spacial score (nSPS) is 16.8. The van der Waals surface area contributed by atoms with Gasteiger partial charge >= 0.3 is 0 Å². The highest BCUT2D eigenvalue weighted by atomic mass is 15.2. The molecule has 0 aliphatic heterocycles. The zero-order valence-electron chi connectivity index (χ0n) is 11.9. The van der Waals surface area contributed by atoms with Gasteiger partial charge in [-0.1, -0.05) is 31.0 Å². The number of aliphatic imine (C=N–C) groups is 1. The first kappa shape index (κ1) is 13.0. The van der Waals surface area contributed by atoms with Crippen LogP contribution in [0.1, 0.15) is 31.4 Å². The molecule has 1 aliphatic rings. The number of para-hydroxylation sites is 1. The molecule has 1 saturated carbocycles. The predicted molar refractivity (Wildman–Crippen MR) is 83.9 cm³/mol. The number of fused-ring (bicyclic) bond motifs is 1. The first-order valence-electron chi connectivity index (χ1n) is 7.39. The van der Waals surface area contributed by atoms with Crippen LogP contribution in [-0.4, -0.2) is 24.0 Å². The van der Waals surface area contributed by atoms with Crippen LogP contribution in [0.4, 0.5) is 0 Å². The summed E-state index contributed by atoms with van der Waals surface area (Å²) in [6, 6.07) is 11.1. The van der Waals surface area contributed by atoms with Crippen molar-refractivity contribution in [3.05, 3.63) is 36.0 Å². The summed E-state index contributed by atoms with van der Waals surface area (Å²) < 4.78 is 0. The summed E-state index contributed by atoms with van der Waals surface area (Å²) in [5.41, 5.74) is 2.36. The molecule has 2 aromatic rings. The summed E-state index contributed by atoms with van der Waals surface area (Å²) in [4.78, 5) is 7.72. The molecular weight excluding hydrogens is 248 g/mol. The largest absolute Gasteiger partial charge is 0.357 e. The van der Waals surface area contributed by atoms with Crippen LogP contribution < -0.4 is 10.6 Å². The van der Waals surface area contributed by atoms with Crippen molar-refractivity contribution in [1.29, 1.82) is 0 Å². The van der Waals surface area contributed by atoms with E-state index in [4.69, 9.17) is 0 Å². The molecule has 0 spiro atoms. The lowest BCUT2D eigenvalue weighted by Crippen LogP contribution is -2.41. The molecule has 3 N–H and O–H groups in total. The summed E-state index contributed by atoms with van der Waals surface area (Å²) in [5, 5.41) is 8.13. The van der Waals surface area contributed by atoms with E-state index in [0.717, 1.165) is 12.5 Å². The van der Waals surface area contributed by atoms with Gasteiger partial charge in [-0.15, -0.1) is 0 Å². The minimum absolute atomic E-state index is 0.587. The molecule has 0 bridgehead atoms. The smallest absolute Gasteiger partial charge is 0.191 e. The Labute approximate surface area is 119 Å². The minimum Gasteiger partial charge on any atom is -0.357 e. The van der Waals surface area contributed by atoms with E-state index in [0.29, 0.717) is 6.04 Å². The fourth-order valence-electron chi connectivity index (χ4n) is 2.87. The fraction of sp³-hybridized carbons (Fsp3) is 0.438. The lowest BCUT2D eigenvalue weighted by Gasteiger charge is -2.16. The summed E-state index contributed by atoms with van der Waals surface area (Å²) in [5.74, 6) is 0.899. The van der Waals surface area contributed by atoms with Crippen LogP contribution >= 0.6 is 0 Å². The van der Waals surface area contributed by atoms with Gasteiger partial charge in [0.05, 0.1) is 6.54 Å². The molecule has 1 aliphatic carbocycles. The lowest BCUT2D eigenvalue weighted by molar-refractivity contribution is 0.613. The lowest BCUT2D eigenvalue weighted by atomic mass is 10.2. The third kappa shape index (κ3) is 2.95. The Kier molecular flexibility index (Phi) is 3.90. The minimum atomic E-state index is 0.587. The summed E-state index contributed by atoms with van der Waals surface area (Å²) in [6.07, 6.45) is 5.17. The maximum Gasteiger partial charge on any atom is 0.191 e. The van der Waals surface area contributed by atoms with Gasteiger partial charge in [0, 0.05) is 24.3 Å². The Morgan fingerprint density at radius 2 is 2.10 bits per heavy atom. The molecule has 20 heavy (non-hydrogen) atoms. The van der Waals surface area contributed by atoms with Crippen LogP contribution in [0, 0.1) is 0 Å². The van der Waals surface area contributed by atoms with Crippen molar-refractivity contribution in [1.82, 2.24) is 15.6 Å². The van der Waals surface area contributed by atoms with E-state index in [1.807, 2.05) is 7.05 Å². The van der Waals surface area contributed by atoms with E-state index in [2.05, 4.69) is 50.9 Å². The molecule has 0 unspecified atom stereocenters. The van der Waals surface area contributed by atoms with E-state index < -0.39 is 0 Å². The predicted octanol–water partition coefficient (Wildman–Crippen LogP) is 2.78. The molecule has 1 aromatic carbocycles. The Bertz CT molecular complexity index is 560. The number of nitrogens with zero attached hydrogens (tertiary/aromatic N) is 1. The molecule has 3 rings (SSSR count). The first-order chi connectivity index (χ1) is 9.85. The third-order valence-corrected chi connectivity index (χ3v) is 3.95. The van der Waals surface area contributed by atoms with Crippen molar-refractivity contribution in [2.75, 3.05) is 7.05 Å². The molecule has 0 amide bonds. The molecule has 4 nitrogen and oxygen atoms in total. The van der Waals surface area contributed by atoms with Gasteiger partial charge in [-0.3, -0.25) is 4.99 Å². The zero-order valence-corrected chi connectivity index (χ0v) is 11.9. The van der Waals surface area contributed by atoms with Crippen LogP contribution in [0.25, 0.3) is 10.9 Å². The summed E-state index contributed by atoms with van der Waals surface area (Å²) >= 11 is 0. The topological polar surface area (TPSA) is 52.2 Å². The fourth-order valence-corrected chi connectivity index (χ4v) is 2.87. The van der Waals surface area contributed by atoms with Crippen LogP contribution in [0.3, 0.4) is 0 Å². The maximum absolute atomic E-state index is 4.30. The number of hydrogen-bond acceptors (Lipinski definition) is 1. The van der Waals surface area contributed by atoms with Crippen molar-refractivity contribution >= 4 is 16.9 Å². The molecule has 1 fully saturated rings. The number of aromatic nitrogens is 1. The molecule has 0 radical (unpaired) electrons. The van der Waals surface area contributed by atoms with Crippen LogP contribution in [-0.2, 0) is 6.54 Å². The number of rotatable bonds is 3. The van der Waals surface area contributed by atoms with Crippen molar-refractivity contribution in [2.24, 2.45) is 4.99 Å². The Hall–Kier alpha value is -1.97. The van der Waals surface area contributed by atoms with E-state index in [9.17, 15) is 0 Å². The van der Waals surface area contributed by atoms with Crippen molar-refractivity contribution in [2.45, 2.75) is 38.3 Å². The van der Waals surface area contributed by atoms with Gasteiger partial charge in [0.25, 0.3) is 0 Å². The molecule has 106 valence electrons. The molecule has 0 saturated heterocycles. The van der Waals surface area contributed by atoms with Crippen LogP contribution in [0.2, 0.25) is 0 Å². The van der Waals surface area contributed by atoms with E-state index in [1.54, 1.807) is 0 Å². The average Bonchev–Trinajstić information content (AvgIpc) is 3.12. The van der Waals surface area contributed by atoms with Crippen molar-refractivity contribution in [3.8, 4) is 0 Å². The number of nitrogens with one attached hydrogen (secondary N) is 3. The van der Waals surface area contributed by atoms with E-state index in [1.165, 1.54) is 42.3 Å².